The Morgan fingerprint density at radius 2 is 1.90 bits per heavy atom. The first kappa shape index (κ1) is 15.9. The largest absolute Gasteiger partial charge is 0.240 e. The van der Waals surface area contributed by atoms with Crippen molar-refractivity contribution in [2.75, 3.05) is 0 Å². The second-order valence-corrected chi connectivity index (χ2v) is 7.50. The van der Waals surface area contributed by atoms with Crippen molar-refractivity contribution in [1.29, 1.82) is 5.26 Å². The predicted molar refractivity (Wildman–Crippen MR) is 77.4 cm³/mol. The van der Waals surface area contributed by atoms with E-state index in [1.165, 1.54) is 6.07 Å². The standard InChI is InChI=1S/C15H19FN2O2S/c1-10-4-3-5-11(2)15(10)18-21(19,20)13-6-7-14(16)12(8-13)9-17/h6-8,10-11,15,18H,3-5H2,1-2H3. The van der Waals surface area contributed by atoms with Crippen LogP contribution in [-0.4, -0.2) is 14.5 Å². The summed E-state index contributed by atoms with van der Waals surface area (Å²) in [4.78, 5) is -0.0644. The summed E-state index contributed by atoms with van der Waals surface area (Å²) in [5, 5.41) is 8.81. The van der Waals surface area contributed by atoms with Crippen molar-refractivity contribution in [2.24, 2.45) is 11.8 Å². The third kappa shape index (κ3) is 3.42. The maximum atomic E-state index is 13.3. The molecule has 0 bridgehead atoms. The maximum Gasteiger partial charge on any atom is 0.240 e. The Morgan fingerprint density at radius 1 is 1.29 bits per heavy atom. The fourth-order valence-electron chi connectivity index (χ4n) is 2.92. The van der Waals surface area contributed by atoms with Crippen LogP contribution in [0.15, 0.2) is 23.1 Å². The van der Waals surface area contributed by atoms with Gasteiger partial charge in [-0.1, -0.05) is 20.3 Å². The number of hydrogen-bond acceptors (Lipinski definition) is 3. The Balaban J connectivity index is 2.28. The van der Waals surface area contributed by atoms with E-state index in [0.29, 0.717) is 0 Å². The van der Waals surface area contributed by atoms with Gasteiger partial charge in [0.1, 0.15) is 11.9 Å². The summed E-state index contributed by atoms with van der Waals surface area (Å²) in [5.41, 5.74) is -0.261. The van der Waals surface area contributed by atoms with Crippen LogP contribution in [0.4, 0.5) is 4.39 Å². The molecule has 2 rings (SSSR count). The molecule has 0 spiro atoms. The number of hydrogen-bond donors (Lipinski definition) is 1. The summed E-state index contributed by atoms with van der Waals surface area (Å²) in [6, 6.07) is 4.82. The highest BCUT2D eigenvalue weighted by molar-refractivity contribution is 7.89. The van der Waals surface area contributed by atoms with Crippen molar-refractivity contribution in [2.45, 2.75) is 44.0 Å². The maximum absolute atomic E-state index is 13.3. The van der Waals surface area contributed by atoms with Crippen LogP contribution in [0.5, 0.6) is 0 Å². The molecule has 2 unspecified atom stereocenters. The molecule has 0 heterocycles. The minimum Gasteiger partial charge on any atom is -0.208 e. The fourth-order valence-corrected chi connectivity index (χ4v) is 4.40. The van der Waals surface area contributed by atoms with Crippen LogP contribution in [0.3, 0.4) is 0 Å². The Morgan fingerprint density at radius 3 is 2.48 bits per heavy atom. The van der Waals surface area contributed by atoms with Crippen LogP contribution in [0.2, 0.25) is 0 Å². The van der Waals surface area contributed by atoms with Crippen molar-refractivity contribution in [3.05, 3.63) is 29.6 Å². The van der Waals surface area contributed by atoms with E-state index in [-0.39, 0.29) is 28.3 Å². The van der Waals surface area contributed by atoms with E-state index in [1.807, 2.05) is 13.8 Å². The van der Waals surface area contributed by atoms with Gasteiger partial charge in [-0.25, -0.2) is 17.5 Å². The van der Waals surface area contributed by atoms with Gasteiger partial charge >= 0.3 is 0 Å². The number of nitriles is 1. The second-order valence-electron chi connectivity index (χ2n) is 5.79. The van der Waals surface area contributed by atoms with Crippen LogP contribution >= 0.6 is 0 Å². The first-order valence-corrected chi connectivity index (χ1v) is 8.55. The molecule has 1 aromatic rings. The molecule has 0 aliphatic heterocycles. The van der Waals surface area contributed by atoms with Crippen LogP contribution in [0.25, 0.3) is 0 Å². The first-order valence-electron chi connectivity index (χ1n) is 7.07. The zero-order valence-electron chi connectivity index (χ0n) is 12.1. The van der Waals surface area contributed by atoms with Crippen molar-refractivity contribution in [1.82, 2.24) is 4.72 Å². The SMILES string of the molecule is CC1CCCC(C)C1NS(=O)(=O)c1ccc(F)c(C#N)c1. The van der Waals surface area contributed by atoms with E-state index in [9.17, 15) is 12.8 Å². The lowest BCUT2D eigenvalue weighted by Crippen LogP contribution is -2.45. The molecule has 6 heteroatoms. The summed E-state index contributed by atoms with van der Waals surface area (Å²) in [6.45, 7) is 4.07. The van der Waals surface area contributed by atoms with Gasteiger partial charge in [0.15, 0.2) is 0 Å². The van der Waals surface area contributed by atoms with Crippen LogP contribution < -0.4 is 4.72 Å². The van der Waals surface area contributed by atoms with Gasteiger partial charge in [-0.2, -0.15) is 5.26 Å². The van der Waals surface area contributed by atoms with Gasteiger partial charge in [-0.15, -0.1) is 0 Å². The molecular formula is C15H19FN2O2S. The number of benzene rings is 1. The number of rotatable bonds is 3. The average Bonchev–Trinajstić information content (AvgIpc) is 2.43. The molecule has 1 aliphatic rings. The van der Waals surface area contributed by atoms with Gasteiger partial charge in [-0.05, 0) is 42.9 Å². The number of sulfonamides is 1. The van der Waals surface area contributed by atoms with E-state index in [2.05, 4.69) is 4.72 Å². The van der Waals surface area contributed by atoms with Gasteiger partial charge in [0.25, 0.3) is 0 Å². The molecule has 1 aliphatic carbocycles. The zero-order chi connectivity index (χ0) is 15.6. The molecule has 21 heavy (non-hydrogen) atoms. The summed E-state index contributed by atoms with van der Waals surface area (Å²) < 4.78 is 40.9. The molecule has 1 fully saturated rings. The van der Waals surface area contributed by atoms with Gasteiger partial charge in [0.05, 0.1) is 10.5 Å². The summed E-state index contributed by atoms with van der Waals surface area (Å²) >= 11 is 0. The number of halogens is 1. The Labute approximate surface area is 125 Å². The van der Waals surface area contributed by atoms with E-state index in [4.69, 9.17) is 5.26 Å². The molecule has 0 saturated heterocycles. The lowest BCUT2D eigenvalue weighted by atomic mass is 9.79. The molecule has 4 nitrogen and oxygen atoms in total. The van der Waals surface area contributed by atoms with Crippen molar-refractivity contribution < 1.29 is 12.8 Å². The molecule has 1 saturated carbocycles. The summed E-state index contributed by atoms with van der Waals surface area (Å²) in [7, 11) is -3.74. The molecule has 0 amide bonds. The normalized spacial score (nSPS) is 26.3. The van der Waals surface area contributed by atoms with E-state index < -0.39 is 15.8 Å². The van der Waals surface area contributed by atoms with Crippen molar-refractivity contribution in [3.8, 4) is 6.07 Å². The highest BCUT2D eigenvalue weighted by Gasteiger charge is 2.31. The molecule has 0 radical (unpaired) electrons. The summed E-state index contributed by atoms with van der Waals surface area (Å²) in [5.74, 6) is -0.185. The van der Waals surface area contributed by atoms with Gasteiger partial charge < -0.3 is 0 Å². The topological polar surface area (TPSA) is 70.0 Å². The van der Waals surface area contributed by atoms with E-state index >= 15 is 0 Å². The molecule has 1 N–H and O–H groups in total. The van der Waals surface area contributed by atoms with Crippen LogP contribution in [-0.2, 0) is 10.0 Å². The highest BCUT2D eigenvalue weighted by Crippen LogP contribution is 2.30. The third-order valence-corrected chi connectivity index (χ3v) is 5.66. The quantitative estimate of drug-likeness (QED) is 0.933. The number of nitrogens with zero attached hydrogens (tertiary/aromatic N) is 1. The zero-order valence-corrected chi connectivity index (χ0v) is 13.0. The lowest BCUT2D eigenvalue weighted by molar-refractivity contribution is 0.234. The fraction of sp³-hybridized carbons (Fsp3) is 0.533. The third-order valence-electron chi connectivity index (χ3n) is 4.20. The van der Waals surface area contributed by atoms with Crippen molar-refractivity contribution in [3.63, 3.8) is 0 Å². The second kappa shape index (κ2) is 6.12. The molecular weight excluding hydrogens is 291 g/mol. The Kier molecular flexibility index (Phi) is 4.64. The van der Waals surface area contributed by atoms with Crippen LogP contribution in [0.1, 0.15) is 38.7 Å². The van der Waals surface area contributed by atoms with Gasteiger partial charge in [0, 0.05) is 6.04 Å². The highest BCUT2D eigenvalue weighted by atomic mass is 32.2. The minimum absolute atomic E-state index is 0.0644. The molecule has 0 aromatic heterocycles. The van der Waals surface area contributed by atoms with Gasteiger partial charge in [0.2, 0.25) is 10.0 Å². The van der Waals surface area contributed by atoms with E-state index in [1.54, 1.807) is 6.07 Å². The average molecular weight is 310 g/mol. The first-order chi connectivity index (χ1) is 9.85. The van der Waals surface area contributed by atoms with Gasteiger partial charge in [-0.3, -0.25) is 0 Å². The summed E-state index contributed by atoms with van der Waals surface area (Å²) in [6.07, 6.45) is 3.09. The monoisotopic (exact) mass is 310 g/mol. The van der Waals surface area contributed by atoms with E-state index in [0.717, 1.165) is 31.4 Å². The predicted octanol–water partition coefficient (Wildman–Crippen LogP) is 2.80. The Bertz CT molecular complexity index is 657. The van der Waals surface area contributed by atoms with Crippen LogP contribution in [0, 0.1) is 29.0 Å². The molecule has 114 valence electrons. The Hall–Kier alpha value is -1.45. The lowest BCUT2D eigenvalue weighted by Gasteiger charge is -2.34. The molecule has 1 aromatic carbocycles. The van der Waals surface area contributed by atoms with Crippen molar-refractivity contribution >= 4 is 10.0 Å². The molecule has 2 atom stereocenters. The number of nitrogens with one attached hydrogen (secondary N) is 1. The smallest absolute Gasteiger partial charge is 0.208 e. The minimum atomic E-state index is -3.74.